The van der Waals surface area contributed by atoms with Crippen LogP contribution in [0.25, 0.3) is 0 Å². The van der Waals surface area contributed by atoms with Crippen LogP contribution in [-0.2, 0) is 27.9 Å². The number of aryl methyl sites for hydroxylation is 1. The summed E-state index contributed by atoms with van der Waals surface area (Å²) in [4.78, 5) is 23.3. The number of nitrogens with zero attached hydrogens (tertiary/aromatic N) is 3. The second-order valence-corrected chi connectivity index (χ2v) is 3.98. The van der Waals surface area contributed by atoms with Crippen molar-refractivity contribution in [3.63, 3.8) is 0 Å². The third kappa shape index (κ3) is 3.49. The number of esters is 1. The molecule has 0 fully saturated rings. The summed E-state index contributed by atoms with van der Waals surface area (Å²) >= 11 is 0. The van der Waals surface area contributed by atoms with E-state index >= 15 is 0 Å². The molecule has 8 heteroatoms. The largest absolute Gasteiger partial charge is 0.461 e. The lowest BCUT2D eigenvalue weighted by Gasteiger charge is -2.21. The first-order chi connectivity index (χ1) is 8.78. The number of aromatic nitrogens is 2. The van der Waals surface area contributed by atoms with Gasteiger partial charge in [0.1, 0.15) is 0 Å². The SMILES string of the molecule is CCOC(=O)C(F)(F)C(=O)N(C)Cc1cnn(C)c1. The second kappa shape index (κ2) is 5.77. The van der Waals surface area contributed by atoms with E-state index in [1.807, 2.05) is 0 Å². The van der Waals surface area contributed by atoms with Crippen molar-refractivity contribution in [1.82, 2.24) is 14.7 Å². The number of halogens is 2. The second-order valence-electron chi connectivity index (χ2n) is 3.98. The molecule has 19 heavy (non-hydrogen) atoms. The lowest BCUT2D eigenvalue weighted by molar-refractivity contribution is -0.182. The fourth-order valence-corrected chi connectivity index (χ4v) is 1.45. The zero-order valence-electron chi connectivity index (χ0n) is 10.9. The minimum atomic E-state index is -4.17. The van der Waals surface area contributed by atoms with Gasteiger partial charge in [-0.05, 0) is 6.92 Å². The Kier molecular flexibility index (Phi) is 4.57. The van der Waals surface area contributed by atoms with Gasteiger partial charge in [0.2, 0.25) is 0 Å². The standard InChI is InChI=1S/C11H15F2N3O3/c1-4-19-10(18)11(12,13)9(17)15(2)6-8-5-14-16(3)7-8/h5,7H,4,6H2,1-3H3. The monoisotopic (exact) mass is 275 g/mol. The van der Waals surface area contributed by atoms with Crippen LogP contribution in [0.3, 0.4) is 0 Å². The average molecular weight is 275 g/mol. The molecule has 0 saturated carbocycles. The number of rotatable bonds is 5. The van der Waals surface area contributed by atoms with Crippen LogP contribution in [0.5, 0.6) is 0 Å². The van der Waals surface area contributed by atoms with Crippen LogP contribution in [0.2, 0.25) is 0 Å². The number of carbonyl (C=O) groups excluding carboxylic acids is 2. The first-order valence-corrected chi connectivity index (χ1v) is 5.57. The molecule has 1 heterocycles. The van der Waals surface area contributed by atoms with Crippen LogP contribution in [0.1, 0.15) is 12.5 Å². The number of amides is 1. The zero-order valence-corrected chi connectivity index (χ0v) is 10.9. The van der Waals surface area contributed by atoms with Crippen molar-refractivity contribution in [3.05, 3.63) is 18.0 Å². The van der Waals surface area contributed by atoms with Gasteiger partial charge in [-0.15, -0.1) is 0 Å². The summed E-state index contributed by atoms with van der Waals surface area (Å²) in [6.07, 6.45) is 3.04. The molecule has 0 aliphatic carbocycles. The van der Waals surface area contributed by atoms with Crippen LogP contribution >= 0.6 is 0 Å². The van der Waals surface area contributed by atoms with Gasteiger partial charge in [-0.1, -0.05) is 0 Å². The van der Waals surface area contributed by atoms with Gasteiger partial charge in [-0.3, -0.25) is 9.48 Å². The molecular formula is C11H15F2N3O3. The van der Waals surface area contributed by atoms with Gasteiger partial charge in [-0.25, -0.2) is 4.79 Å². The highest BCUT2D eigenvalue weighted by atomic mass is 19.3. The number of hydrogen-bond acceptors (Lipinski definition) is 4. The third-order valence-corrected chi connectivity index (χ3v) is 2.33. The molecule has 106 valence electrons. The van der Waals surface area contributed by atoms with Crippen molar-refractivity contribution < 1.29 is 23.1 Å². The van der Waals surface area contributed by atoms with E-state index in [1.54, 1.807) is 13.2 Å². The highest BCUT2D eigenvalue weighted by Crippen LogP contribution is 2.19. The molecule has 0 bridgehead atoms. The van der Waals surface area contributed by atoms with Gasteiger partial charge < -0.3 is 9.64 Å². The van der Waals surface area contributed by atoms with E-state index in [9.17, 15) is 18.4 Å². The molecule has 1 rings (SSSR count). The summed E-state index contributed by atoms with van der Waals surface area (Å²) in [5.41, 5.74) is 0.581. The Hall–Kier alpha value is -1.99. The molecule has 0 saturated heterocycles. The van der Waals surface area contributed by atoms with Gasteiger partial charge in [0.05, 0.1) is 12.8 Å². The Balaban J connectivity index is 2.73. The number of hydrogen-bond donors (Lipinski definition) is 0. The molecule has 1 aromatic rings. The number of carbonyl (C=O) groups is 2. The summed E-state index contributed by atoms with van der Waals surface area (Å²) in [7, 11) is 2.85. The minimum absolute atomic E-state index is 0.0678. The molecule has 0 N–H and O–H groups in total. The molecule has 6 nitrogen and oxygen atoms in total. The van der Waals surface area contributed by atoms with E-state index in [0.717, 1.165) is 4.90 Å². The Bertz CT molecular complexity index is 474. The maximum Gasteiger partial charge on any atom is 0.419 e. The number of ether oxygens (including phenoxy) is 1. The summed E-state index contributed by atoms with van der Waals surface area (Å²) in [6.45, 7) is 1.10. The van der Waals surface area contributed by atoms with Crippen LogP contribution in [0.4, 0.5) is 8.78 Å². The molecule has 1 aromatic heterocycles. The van der Waals surface area contributed by atoms with E-state index in [4.69, 9.17) is 0 Å². The van der Waals surface area contributed by atoms with E-state index in [1.165, 1.54) is 24.9 Å². The van der Waals surface area contributed by atoms with Gasteiger partial charge in [0.15, 0.2) is 0 Å². The Morgan fingerprint density at radius 3 is 2.63 bits per heavy atom. The third-order valence-electron chi connectivity index (χ3n) is 2.33. The molecule has 0 aliphatic rings. The van der Waals surface area contributed by atoms with Crippen molar-refractivity contribution in [2.75, 3.05) is 13.7 Å². The van der Waals surface area contributed by atoms with Crippen molar-refractivity contribution in [1.29, 1.82) is 0 Å². The molecule has 0 aromatic carbocycles. The van der Waals surface area contributed by atoms with Crippen LogP contribution in [-0.4, -0.2) is 46.1 Å². The molecule has 0 unspecified atom stereocenters. The molecule has 0 aliphatic heterocycles. The first-order valence-electron chi connectivity index (χ1n) is 5.57. The maximum atomic E-state index is 13.5. The van der Waals surface area contributed by atoms with Gasteiger partial charge in [-0.2, -0.15) is 13.9 Å². The maximum absolute atomic E-state index is 13.5. The molecule has 0 atom stereocenters. The van der Waals surface area contributed by atoms with E-state index in [-0.39, 0.29) is 13.2 Å². The van der Waals surface area contributed by atoms with Gasteiger partial charge >= 0.3 is 17.8 Å². The molecule has 1 amide bonds. The molecular weight excluding hydrogens is 260 g/mol. The predicted octanol–water partition coefficient (Wildman–Crippen LogP) is 0.577. The summed E-state index contributed by atoms with van der Waals surface area (Å²) in [5, 5.41) is 3.86. The lowest BCUT2D eigenvalue weighted by atomic mass is 10.2. The van der Waals surface area contributed by atoms with E-state index in [0.29, 0.717) is 5.56 Å². The van der Waals surface area contributed by atoms with Crippen molar-refractivity contribution in [2.24, 2.45) is 7.05 Å². The fourth-order valence-electron chi connectivity index (χ4n) is 1.45. The molecule has 0 radical (unpaired) electrons. The zero-order chi connectivity index (χ0) is 14.6. The fraction of sp³-hybridized carbons (Fsp3) is 0.545. The van der Waals surface area contributed by atoms with Gasteiger partial charge in [0.25, 0.3) is 0 Å². The summed E-state index contributed by atoms with van der Waals surface area (Å²) in [6, 6.07) is 0. The highest BCUT2D eigenvalue weighted by molar-refractivity contribution is 6.03. The average Bonchev–Trinajstić information content (AvgIpc) is 2.73. The molecule has 0 spiro atoms. The quantitative estimate of drug-likeness (QED) is 0.582. The smallest absolute Gasteiger partial charge is 0.419 e. The van der Waals surface area contributed by atoms with E-state index in [2.05, 4.69) is 9.84 Å². The van der Waals surface area contributed by atoms with E-state index < -0.39 is 17.8 Å². The van der Waals surface area contributed by atoms with Crippen LogP contribution in [0.15, 0.2) is 12.4 Å². The van der Waals surface area contributed by atoms with Crippen molar-refractivity contribution in [3.8, 4) is 0 Å². The normalized spacial score (nSPS) is 11.2. The minimum Gasteiger partial charge on any atom is -0.461 e. The predicted molar refractivity (Wildman–Crippen MR) is 61.3 cm³/mol. The van der Waals surface area contributed by atoms with Crippen molar-refractivity contribution >= 4 is 11.9 Å². The van der Waals surface area contributed by atoms with Crippen molar-refractivity contribution in [2.45, 2.75) is 19.4 Å². The van der Waals surface area contributed by atoms with Gasteiger partial charge in [0, 0.05) is 32.4 Å². The van der Waals surface area contributed by atoms with Crippen LogP contribution < -0.4 is 0 Å². The number of alkyl halides is 2. The first kappa shape index (κ1) is 15.1. The summed E-state index contributed by atoms with van der Waals surface area (Å²) < 4.78 is 32.6. The lowest BCUT2D eigenvalue weighted by Crippen LogP contribution is -2.47. The highest BCUT2D eigenvalue weighted by Gasteiger charge is 2.50. The summed E-state index contributed by atoms with van der Waals surface area (Å²) in [5.74, 6) is -7.61. The van der Waals surface area contributed by atoms with Crippen LogP contribution in [0, 0.1) is 0 Å². The topological polar surface area (TPSA) is 64.4 Å². The Morgan fingerprint density at radius 2 is 2.16 bits per heavy atom. The Morgan fingerprint density at radius 1 is 1.53 bits per heavy atom. The Labute approximate surface area is 108 Å².